The molecule has 0 fully saturated rings. The molecule has 1 aromatic carbocycles. The van der Waals surface area contributed by atoms with E-state index in [0.717, 1.165) is 28.6 Å². The lowest BCUT2D eigenvalue weighted by Crippen LogP contribution is -2.21. The van der Waals surface area contributed by atoms with Crippen molar-refractivity contribution in [2.75, 3.05) is 25.1 Å². The van der Waals surface area contributed by atoms with Crippen LogP contribution in [0.25, 0.3) is 15.9 Å². The van der Waals surface area contributed by atoms with Crippen LogP contribution >= 0.6 is 33.9 Å². The highest BCUT2D eigenvalue weighted by atomic mass is 127. The van der Waals surface area contributed by atoms with Gasteiger partial charge >= 0.3 is 5.97 Å². The minimum Gasteiger partial charge on any atom is -0.506 e. The van der Waals surface area contributed by atoms with Gasteiger partial charge in [-0.15, -0.1) is 0 Å². The quantitative estimate of drug-likeness (QED) is 0.450. The van der Waals surface area contributed by atoms with Gasteiger partial charge in [0.15, 0.2) is 5.13 Å². The van der Waals surface area contributed by atoms with Gasteiger partial charge < -0.3 is 19.3 Å². The van der Waals surface area contributed by atoms with Crippen molar-refractivity contribution in [1.82, 2.24) is 9.55 Å². The van der Waals surface area contributed by atoms with Gasteiger partial charge in [0.2, 0.25) is 0 Å². The maximum atomic E-state index is 12.3. The maximum absolute atomic E-state index is 12.3. The number of carbonyl (C=O) groups is 1. The third-order valence-electron chi connectivity index (χ3n) is 4.01. The maximum Gasteiger partial charge on any atom is 0.343 e. The van der Waals surface area contributed by atoms with Crippen LogP contribution in [0.3, 0.4) is 0 Å². The molecule has 1 N–H and O–H groups in total. The van der Waals surface area contributed by atoms with Crippen LogP contribution in [0, 0.1) is 3.57 Å². The van der Waals surface area contributed by atoms with E-state index in [1.165, 1.54) is 18.4 Å². The third kappa shape index (κ3) is 2.97. The lowest BCUT2D eigenvalue weighted by atomic mass is 10.1. The SMILES string of the molecule is CCN(CC)c1nc2c(C(=O)OC)c(O)c(I)c(-n3cccc3)c2s1. The number of anilines is 1. The van der Waals surface area contributed by atoms with Crippen molar-refractivity contribution in [2.24, 2.45) is 0 Å². The van der Waals surface area contributed by atoms with Gasteiger partial charge in [0.05, 0.1) is 21.1 Å². The van der Waals surface area contributed by atoms with Gasteiger partial charge in [0.1, 0.15) is 16.8 Å². The van der Waals surface area contributed by atoms with Crippen molar-refractivity contribution < 1.29 is 14.6 Å². The van der Waals surface area contributed by atoms with Gasteiger partial charge in [-0.3, -0.25) is 0 Å². The highest BCUT2D eigenvalue weighted by Gasteiger charge is 2.27. The number of thiazole rings is 1. The first-order chi connectivity index (χ1) is 12.0. The second kappa shape index (κ2) is 7.20. The van der Waals surface area contributed by atoms with Gasteiger partial charge in [0.25, 0.3) is 0 Å². The number of carbonyl (C=O) groups excluding carboxylic acids is 1. The van der Waals surface area contributed by atoms with Crippen molar-refractivity contribution in [2.45, 2.75) is 13.8 Å². The largest absolute Gasteiger partial charge is 0.506 e. The molecule has 0 aliphatic carbocycles. The molecule has 0 saturated heterocycles. The van der Waals surface area contributed by atoms with Gasteiger partial charge in [0, 0.05) is 25.5 Å². The van der Waals surface area contributed by atoms with Crippen LogP contribution in [0.2, 0.25) is 0 Å². The van der Waals surface area contributed by atoms with Crippen LogP contribution in [-0.2, 0) is 4.74 Å². The van der Waals surface area contributed by atoms with Crippen molar-refractivity contribution in [3.05, 3.63) is 33.7 Å². The Bertz CT molecular complexity index is 917. The molecule has 0 atom stereocenters. The lowest BCUT2D eigenvalue weighted by molar-refractivity contribution is 0.0599. The Hall–Kier alpha value is -1.81. The lowest BCUT2D eigenvalue weighted by Gasteiger charge is -2.16. The van der Waals surface area contributed by atoms with E-state index in [4.69, 9.17) is 4.74 Å². The molecule has 3 rings (SSSR count). The minimum atomic E-state index is -0.587. The summed E-state index contributed by atoms with van der Waals surface area (Å²) in [4.78, 5) is 19.1. The van der Waals surface area contributed by atoms with Crippen LogP contribution in [0.15, 0.2) is 24.5 Å². The summed E-state index contributed by atoms with van der Waals surface area (Å²) in [6, 6.07) is 3.83. The van der Waals surface area contributed by atoms with Gasteiger partial charge in [-0.05, 0) is 48.6 Å². The number of aromatic nitrogens is 2. The Morgan fingerprint density at radius 3 is 2.56 bits per heavy atom. The van der Waals surface area contributed by atoms with E-state index in [9.17, 15) is 9.90 Å². The van der Waals surface area contributed by atoms with Gasteiger partial charge in [-0.2, -0.15) is 0 Å². The second-order valence-corrected chi connectivity index (χ2v) is 7.37. The molecule has 0 unspecified atom stereocenters. The number of hydrogen-bond donors (Lipinski definition) is 1. The first kappa shape index (κ1) is 18.0. The minimum absolute atomic E-state index is 0.0972. The molecule has 0 radical (unpaired) electrons. The number of rotatable bonds is 5. The first-order valence-corrected chi connectivity index (χ1v) is 9.74. The van der Waals surface area contributed by atoms with Crippen LogP contribution in [0.1, 0.15) is 24.2 Å². The topological polar surface area (TPSA) is 67.6 Å². The number of aromatic hydroxyl groups is 1. The molecule has 132 valence electrons. The molecule has 6 nitrogen and oxygen atoms in total. The van der Waals surface area contributed by atoms with Crippen LogP contribution in [0.4, 0.5) is 5.13 Å². The molecule has 25 heavy (non-hydrogen) atoms. The molecule has 0 aliphatic rings. The van der Waals surface area contributed by atoms with E-state index in [1.54, 1.807) is 0 Å². The zero-order valence-corrected chi connectivity index (χ0v) is 17.1. The number of halogens is 1. The molecule has 0 aliphatic heterocycles. The first-order valence-electron chi connectivity index (χ1n) is 7.84. The average Bonchev–Trinajstić information content (AvgIpc) is 3.27. The number of nitrogens with zero attached hydrogens (tertiary/aromatic N) is 3. The van der Waals surface area contributed by atoms with Gasteiger partial charge in [-0.25, -0.2) is 9.78 Å². The number of benzene rings is 1. The number of methoxy groups -OCH3 is 1. The van der Waals surface area contributed by atoms with Crippen molar-refractivity contribution >= 4 is 55.2 Å². The molecular weight excluding hydrogens is 453 g/mol. The summed E-state index contributed by atoms with van der Waals surface area (Å²) >= 11 is 3.58. The summed E-state index contributed by atoms with van der Waals surface area (Å²) < 4.78 is 8.24. The fraction of sp³-hybridized carbons (Fsp3) is 0.294. The fourth-order valence-corrected chi connectivity index (χ4v) is 4.97. The summed E-state index contributed by atoms with van der Waals surface area (Å²) in [5, 5.41) is 11.5. The monoisotopic (exact) mass is 471 g/mol. The highest BCUT2D eigenvalue weighted by molar-refractivity contribution is 14.1. The molecule has 2 heterocycles. The molecule has 2 aromatic heterocycles. The number of phenolic OH excluding ortho intramolecular Hbond substituents is 1. The average molecular weight is 471 g/mol. The second-order valence-electron chi connectivity index (χ2n) is 5.31. The summed E-state index contributed by atoms with van der Waals surface area (Å²) in [7, 11) is 1.30. The zero-order valence-electron chi connectivity index (χ0n) is 14.1. The number of fused-ring (bicyclic) bond motifs is 1. The summed E-state index contributed by atoms with van der Waals surface area (Å²) in [6.07, 6.45) is 3.82. The van der Waals surface area contributed by atoms with Crippen molar-refractivity contribution in [3.63, 3.8) is 0 Å². The fourth-order valence-electron chi connectivity index (χ4n) is 2.71. The molecule has 0 spiro atoms. The number of esters is 1. The van der Waals surface area contributed by atoms with E-state index >= 15 is 0 Å². The summed E-state index contributed by atoms with van der Waals surface area (Å²) in [5.41, 5.74) is 1.41. The molecule has 0 amide bonds. The van der Waals surface area contributed by atoms with E-state index in [2.05, 4.69) is 46.3 Å². The smallest absolute Gasteiger partial charge is 0.343 e. The summed E-state index contributed by atoms with van der Waals surface area (Å²) in [6.45, 7) is 5.74. The Labute approximate surface area is 163 Å². The standard InChI is InChI=1S/C17H18IN3O3S/c1-4-20(5-2)17-19-12-10(16(23)24-3)14(22)11(18)13(15(12)25-17)21-8-6-7-9-21/h6-9,22H,4-5H2,1-3H3. The number of hydrogen-bond acceptors (Lipinski definition) is 6. The Kier molecular flexibility index (Phi) is 5.19. The molecule has 8 heteroatoms. The van der Waals surface area contributed by atoms with Crippen molar-refractivity contribution in [3.8, 4) is 11.4 Å². The number of phenols is 1. The molecular formula is C17H18IN3O3S. The van der Waals surface area contributed by atoms with Crippen LogP contribution in [0.5, 0.6) is 5.75 Å². The molecule has 0 bridgehead atoms. The molecule has 0 saturated carbocycles. The van der Waals surface area contributed by atoms with Crippen LogP contribution < -0.4 is 4.90 Å². The van der Waals surface area contributed by atoms with Gasteiger partial charge in [-0.1, -0.05) is 11.3 Å². The van der Waals surface area contributed by atoms with E-state index in [-0.39, 0.29) is 11.3 Å². The highest BCUT2D eigenvalue weighted by Crippen LogP contribution is 2.43. The Morgan fingerprint density at radius 1 is 1.36 bits per heavy atom. The van der Waals surface area contributed by atoms with E-state index < -0.39 is 5.97 Å². The third-order valence-corrected chi connectivity index (χ3v) is 6.15. The van der Waals surface area contributed by atoms with Crippen LogP contribution in [-0.4, -0.2) is 40.8 Å². The normalized spacial score (nSPS) is 11.0. The molecule has 3 aromatic rings. The predicted octanol–water partition coefficient (Wildman–Crippen LogP) is 4.03. The van der Waals surface area contributed by atoms with Crippen molar-refractivity contribution in [1.29, 1.82) is 0 Å². The van der Waals surface area contributed by atoms with E-state index in [1.807, 2.05) is 29.1 Å². The Morgan fingerprint density at radius 2 is 2.00 bits per heavy atom. The van der Waals surface area contributed by atoms with E-state index in [0.29, 0.717) is 9.09 Å². The summed E-state index contributed by atoms with van der Waals surface area (Å²) in [5.74, 6) is -0.684. The Balaban J connectivity index is 2.40. The number of ether oxygens (including phenoxy) is 1. The zero-order chi connectivity index (χ0) is 18.1. The predicted molar refractivity (Wildman–Crippen MR) is 108 cm³/mol.